The Morgan fingerprint density at radius 1 is 1.25 bits per heavy atom. The molecule has 2 heterocycles. The van der Waals surface area contributed by atoms with Crippen molar-refractivity contribution in [1.82, 2.24) is 9.88 Å². The van der Waals surface area contributed by atoms with Gasteiger partial charge in [-0.2, -0.15) is 0 Å². The summed E-state index contributed by atoms with van der Waals surface area (Å²) in [5, 5.41) is 9.08. The summed E-state index contributed by atoms with van der Waals surface area (Å²) >= 11 is 0. The number of carbonyl (C=O) groups is 2. The number of hydrogen-bond acceptors (Lipinski definition) is 4. The number of carboxylic acids is 1. The van der Waals surface area contributed by atoms with Crippen LogP contribution in [0.2, 0.25) is 0 Å². The Morgan fingerprint density at radius 2 is 2.08 bits per heavy atom. The molecule has 1 aliphatic heterocycles. The Kier molecular flexibility index (Phi) is 4.57. The average molecular weight is 326 g/mol. The van der Waals surface area contributed by atoms with E-state index in [0.717, 1.165) is 16.8 Å². The molecule has 0 spiro atoms. The van der Waals surface area contributed by atoms with Gasteiger partial charge in [0.05, 0.1) is 18.8 Å². The maximum atomic E-state index is 12.8. The van der Waals surface area contributed by atoms with Crippen molar-refractivity contribution in [2.75, 3.05) is 19.7 Å². The van der Waals surface area contributed by atoms with Crippen molar-refractivity contribution < 1.29 is 19.4 Å². The van der Waals surface area contributed by atoms with E-state index in [1.54, 1.807) is 12.3 Å². The lowest BCUT2D eigenvalue weighted by molar-refractivity contribution is -0.154. The van der Waals surface area contributed by atoms with Gasteiger partial charge in [0.25, 0.3) is 5.91 Å². The van der Waals surface area contributed by atoms with Gasteiger partial charge >= 0.3 is 5.97 Å². The molecule has 0 radical (unpaired) electrons. The molecule has 0 aliphatic carbocycles. The van der Waals surface area contributed by atoms with Crippen LogP contribution in [-0.2, 0) is 9.53 Å². The summed E-state index contributed by atoms with van der Waals surface area (Å²) in [4.78, 5) is 29.8. The molecular weight excluding hydrogens is 308 g/mol. The summed E-state index contributed by atoms with van der Waals surface area (Å²) in [5.74, 6) is -1.23. The number of aliphatic carboxylic acids is 1. The first-order chi connectivity index (χ1) is 11.6. The lowest BCUT2D eigenvalue weighted by Gasteiger charge is -2.31. The SMILES string of the molecule is Cc1c(C(=O)N2CCO[C@H](C(=O)O)C2)cccc1-c1ccccn1. The van der Waals surface area contributed by atoms with Crippen molar-refractivity contribution >= 4 is 11.9 Å². The van der Waals surface area contributed by atoms with E-state index >= 15 is 0 Å². The van der Waals surface area contributed by atoms with Crippen LogP contribution in [0.1, 0.15) is 15.9 Å². The number of nitrogens with zero attached hydrogens (tertiary/aromatic N) is 2. The van der Waals surface area contributed by atoms with Gasteiger partial charge in [-0.1, -0.05) is 18.2 Å². The van der Waals surface area contributed by atoms with Gasteiger partial charge in [-0.15, -0.1) is 0 Å². The Balaban J connectivity index is 1.89. The van der Waals surface area contributed by atoms with E-state index in [-0.39, 0.29) is 19.1 Å². The predicted molar refractivity (Wildman–Crippen MR) is 87.7 cm³/mol. The van der Waals surface area contributed by atoms with Crippen LogP contribution in [0.3, 0.4) is 0 Å². The number of amides is 1. The third-order valence-corrected chi connectivity index (χ3v) is 4.13. The normalized spacial score (nSPS) is 17.5. The van der Waals surface area contributed by atoms with E-state index in [2.05, 4.69) is 4.98 Å². The molecule has 24 heavy (non-hydrogen) atoms. The number of morpholine rings is 1. The summed E-state index contributed by atoms with van der Waals surface area (Å²) in [6, 6.07) is 11.1. The zero-order chi connectivity index (χ0) is 17.1. The lowest BCUT2D eigenvalue weighted by atomic mass is 9.98. The summed E-state index contributed by atoms with van der Waals surface area (Å²) < 4.78 is 5.18. The highest BCUT2D eigenvalue weighted by Crippen LogP contribution is 2.25. The molecule has 3 rings (SSSR count). The highest BCUT2D eigenvalue weighted by molar-refractivity contribution is 5.97. The van der Waals surface area contributed by atoms with Gasteiger partial charge in [0.1, 0.15) is 0 Å². The molecule has 2 aromatic rings. The van der Waals surface area contributed by atoms with Crippen molar-refractivity contribution in [2.24, 2.45) is 0 Å². The lowest BCUT2D eigenvalue weighted by Crippen LogP contribution is -2.48. The molecule has 1 aromatic carbocycles. The molecule has 124 valence electrons. The quantitative estimate of drug-likeness (QED) is 0.933. The zero-order valence-electron chi connectivity index (χ0n) is 13.3. The Hall–Kier alpha value is -2.73. The molecule has 0 bridgehead atoms. The van der Waals surface area contributed by atoms with Gasteiger partial charge < -0.3 is 14.7 Å². The second-order valence-electron chi connectivity index (χ2n) is 5.64. The fourth-order valence-corrected chi connectivity index (χ4v) is 2.82. The van der Waals surface area contributed by atoms with E-state index in [0.29, 0.717) is 12.1 Å². The Labute approximate surface area is 139 Å². The molecule has 6 nitrogen and oxygen atoms in total. The molecule has 0 saturated carbocycles. The molecule has 1 N–H and O–H groups in total. The topological polar surface area (TPSA) is 79.7 Å². The van der Waals surface area contributed by atoms with Crippen LogP contribution in [0.15, 0.2) is 42.6 Å². The number of carboxylic acid groups (broad SMARTS) is 1. The maximum absolute atomic E-state index is 12.8. The van der Waals surface area contributed by atoms with Crippen molar-refractivity contribution in [3.05, 3.63) is 53.7 Å². The molecule has 1 amide bonds. The Morgan fingerprint density at radius 3 is 2.79 bits per heavy atom. The van der Waals surface area contributed by atoms with Crippen LogP contribution in [0.4, 0.5) is 0 Å². The largest absolute Gasteiger partial charge is 0.479 e. The van der Waals surface area contributed by atoms with Crippen molar-refractivity contribution in [3.8, 4) is 11.3 Å². The first-order valence-corrected chi connectivity index (χ1v) is 7.72. The van der Waals surface area contributed by atoms with Crippen LogP contribution in [0, 0.1) is 6.92 Å². The highest BCUT2D eigenvalue weighted by atomic mass is 16.5. The number of hydrogen-bond donors (Lipinski definition) is 1. The average Bonchev–Trinajstić information content (AvgIpc) is 2.62. The number of ether oxygens (including phenoxy) is 1. The Bertz CT molecular complexity index is 761. The van der Waals surface area contributed by atoms with Crippen LogP contribution in [0.5, 0.6) is 0 Å². The summed E-state index contributed by atoms with van der Waals surface area (Å²) in [5.41, 5.74) is 3.09. The minimum Gasteiger partial charge on any atom is -0.479 e. The summed E-state index contributed by atoms with van der Waals surface area (Å²) in [7, 11) is 0. The third kappa shape index (κ3) is 3.14. The van der Waals surface area contributed by atoms with E-state index in [9.17, 15) is 9.59 Å². The minimum atomic E-state index is -1.05. The summed E-state index contributed by atoms with van der Waals surface area (Å²) in [6.07, 6.45) is 0.741. The van der Waals surface area contributed by atoms with Gasteiger partial charge in [-0.05, 0) is 30.7 Å². The van der Waals surface area contributed by atoms with Gasteiger partial charge in [0.15, 0.2) is 6.10 Å². The smallest absolute Gasteiger partial charge is 0.334 e. The molecule has 1 aliphatic rings. The second kappa shape index (κ2) is 6.80. The van der Waals surface area contributed by atoms with Crippen molar-refractivity contribution in [2.45, 2.75) is 13.0 Å². The van der Waals surface area contributed by atoms with Crippen LogP contribution < -0.4 is 0 Å². The standard InChI is InChI=1S/C18H18N2O4/c1-12-13(15-7-2-3-8-19-15)5-4-6-14(12)17(21)20-9-10-24-16(11-20)18(22)23/h2-8,16H,9-11H2,1H3,(H,22,23)/t16-/m0/s1. The fourth-order valence-electron chi connectivity index (χ4n) is 2.82. The van der Waals surface area contributed by atoms with Crippen LogP contribution in [-0.4, -0.2) is 52.7 Å². The van der Waals surface area contributed by atoms with Crippen LogP contribution >= 0.6 is 0 Å². The second-order valence-corrected chi connectivity index (χ2v) is 5.64. The zero-order valence-corrected chi connectivity index (χ0v) is 13.3. The number of pyridine rings is 1. The minimum absolute atomic E-state index is 0.0570. The first kappa shape index (κ1) is 16.1. The van der Waals surface area contributed by atoms with E-state index in [4.69, 9.17) is 9.84 Å². The molecule has 1 fully saturated rings. The number of rotatable bonds is 3. The molecule has 0 unspecified atom stereocenters. The first-order valence-electron chi connectivity index (χ1n) is 7.72. The van der Waals surface area contributed by atoms with Crippen molar-refractivity contribution in [1.29, 1.82) is 0 Å². The van der Waals surface area contributed by atoms with Crippen LogP contribution in [0.25, 0.3) is 11.3 Å². The summed E-state index contributed by atoms with van der Waals surface area (Å²) in [6.45, 7) is 2.55. The van der Waals surface area contributed by atoms with Crippen molar-refractivity contribution in [3.63, 3.8) is 0 Å². The third-order valence-electron chi connectivity index (χ3n) is 4.13. The highest BCUT2D eigenvalue weighted by Gasteiger charge is 2.30. The fraction of sp³-hybridized carbons (Fsp3) is 0.278. The number of carbonyl (C=O) groups excluding carboxylic acids is 1. The molecule has 6 heteroatoms. The van der Waals surface area contributed by atoms with E-state index in [1.807, 2.05) is 37.3 Å². The molecule has 1 aromatic heterocycles. The molecule has 1 atom stereocenters. The molecular formula is C18H18N2O4. The van der Waals surface area contributed by atoms with E-state index < -0.39 is 12.1 Å². The molecule has 1 saturated heterocycles. The number of benzene rings is 1. The monoisotopic (exact) mass is 326 g/mol. The number of aromatic nitrogens is 1. The van der Waals surface area contributed by atoms with Gasteiger partial charge in [-0.25, -0.2) is 4.79 Å². The van der Waals surface area contributed by atoms with Gasteiger partial charge in [-0.3, -0.25) is 9.78 Å². The predicted octanol–water partition coefficient (Wildman–Crippen LogP) is 1.98. The van der Waals surface area contributed by atoms with E-state index in [1.165, 1.54) is 4.90 Å². The van der Waals surface area contributed by atoms with Gasteiger partial charge in [0.2, 0.25) is 0 Å². The van der Waals surface area contributed by atoms with Gasteiger partial charge in [0, 0.05) is 23.9 Å². The maximum Gasteiger partial charge on any atom is 0.334 e.